The van der Waals surface area contributed by atoms with Crippen molar-refractivity contribution in [1.29, 1.82) is 0 Å². The highest BCUT2D eigenvalue weighted by molar-refractivity contribution is 5.91. The van der Waals surface area contributed by atoms with E-state index in [1.807, 2.05) is 51.1 Å². The highest BCUT2D eigenvalue weighted by atomic mass is 16.5. The van der Waals surface area contributed by atoms with E-state index in [1.165, 1.54) is 142 Å². The van der Waals surface area contributed by atoms with Crippen LogP contribution >= 0.6 is 0 Å². The number of ketones is 1. The lowest BCUT2D eigenvalue weighted by Gasteiger charge is -2.23. The van der Waals surface area contributed by atoms with E-state index in [9.17, 15) is 75.0 Å². The second kappa shape index (κ2) is 51.4. The summed E-state index contributed by atoms with van der Waals surface area (Å²) in [4.78, 5) is 54.1. The van der Waals surface area contributed by atoms with Crippen molar-refractivity contribution in [2.75, 3.05) is 13.7 Å². The van der Waals surface area contributed by atoms with Crippen molar-refractivity contribution in [3.63, 3.8) is 0 Å². The molecule has 4 unspecified atom stereocenters. The number of aromatic hydroxyl groups is 18. The fourth-order valence-electron chi connectivity index (χ4n) is 11.4. The van der Waals surface area contributed by atoms with Crippen LogP contribution in [-0.4, -0.2) is 145 Å². The number of nitrogens with one attached hydrogen (secondary N) is 2. The van der Waals surface area contributed by atoms with Gasteiger partial charge in [-0.2, -0.15) is 0 Å². The van der Waals surface area contributed by atoms with E-state index in [0.717, 1.165) is 70.4 Å². The summed E-state index contributed by atoms with van der Waals surface area (Å²) in [5.74, 6) is 2.23. The molecular weight excluding hydrogens is 1650 g/mol. The van der Waals surface area contributed by atoms with Gasteiger partial charge in [0.2, 0.25) is 0 Å². The van der Waals surface area contributed by atoms with Crippen molar-refractivity contribution in [3.05, 3.63) is 301 Å². The zero-order valence-corrected chi connectivity index (χ0v) is 72.2. The molecule has 0 amide bonds. The Bertz CT molecular complexity index is 5640. The van der Waals surface area contributed by atoms with Crippen LogP contribution in [0, 0.1) is 38.5 Å². The number of carboxylic acid groups (broad SMARTS) is 2. The second-order valence-electron chi connectivity index (χ2n) is 30.0. The van der Waals surface area contributed by atoms with Gasteiger partial charge in [0, 0.05) is 30.8 Å². The minimum absolute atomic E-state index is 0.0624. The smallest absolute Gasteiger partial charge is 0.325 e. The number of hydrogen-bond donors (Lipinski definition) is 23. The lowest BCUT2D eigenvalue weighted by Crippen LogP contribution is -2.54. The number of hydrogen-bond acceptors (Lipinski definition) is 28. The summed E-state index contributed by atoms with van der Waals surface area (Å²) in [7, 11) is 1.34. The number of phenols is 18. The van der Waals surface area contributed by atoms with Gasteiger partial charge >= 0.3 is 17.9 Å². The quantitative estimate of drug-likeness (QED) is 0.00667. The number of aryl methyl sites for hydroxylation is 3. The molecule has 1 aromatic heterocycles. The highest BCUT2D eigenvalue weighted by Gasteiger charge is 2.32. The molecule has 680 valence electrons. The monoisotopic (exact) mass is 1760 g/mol. The van der Waals surface area contributed by atoms with Crippen LogP contribution in [0.1, 0.15) is 120 Å². The second-order valence-corrected chi connectivity index (χ2v) is 30.0. The van der Waals surface area contributed by atoms with Gasteiger partial charge in [-0.15, -0.1) is 0 Å². The summed E-state index contributed by atoms with van der Waals surface area (Å²) in [5.41, 5.74) is 11.6. The van der Waals surface area contributed by atoms with E-state index in [4.69, 9.17) is 61.3 Å². The lowest BCUT2D eigenvalue weighted by atomic mass is 9.85. The summed E-state index contributed by atoms with van der Waals surface area (Å²) >= 11 is 0. The van der Waals surface area contributed by atoms with Crippen LogP contribution in [0.3, 0.4) is 0 Å². The number of rotatable bonds is 24. The minimum Gasteiger partial charge on any atom is -0.508 e. The van der Waals surface area contributed by atoms with Crippen LogP contribution in [0.15, 0.2) is 222 Å². The highest BCUT2D eigenvalue weighted by Crippen LogP contribution is 2.34. The van der Waals surface area contributed by atoms with Gasteiger partial charge in [-0.05, 0) is 273 Å². The number of methoxy groups -OCH3 is 1. The third kappa shape index (κ3) is 38.0. The van der Waals surface area contributed by atoms with E-state index in [0.29, 0.717) is 57.8 Å². The molecule has 0 aliphatic heterocycles. The summed E-state index contributed by atoms with van der Waals surface area (Å²) in [6.07, 6.45) is 12.9. The molecule has 128 heavy (non-hydrogen) atoms. The van der Waals surface area contributed by atoms with Crippen molar-refractivity contribution < 1.29 is 130 Å². The molecule has 0 radical (unpaired) electrons. The minimum atomic E-state index is -1.32. The largest absolute Gasteiger partial charge is 0.508 e. The maximum Gasteiger partial charge on any atom is 0.325 e. The van der Waals surface area contributed by atoms with Gasteiger partial charge in [-0.25, -0.2) is 5.43 Å². The molecule has 1 heterocycles. The number of carbonyl (C=O) groups excluding carboxylic acids is 2. The zero-order chi connectivity index (χ0) is 95.8. The predicted octanol–water partition coefficient (Wildman–Crippen LogP) is 15.6. The Morgan fingerprint density at radius 1 is 0.438 bits per heavy atom. The van der Waals surface area contributed by atoms with Crippen molar-refractivity contribution in [1.82, 2.24) is 10.7 Å². The molecule has 0 fully saturated rings. The maximum atomic E-state index is 11.3. The standard InChI is InChI=1S/C19H24O3.C15H14O3.C14H12O4.C11H15NO2.C11H14O4.C10H14N2O4.C10H10O3.C8H8O4/c1-12(8-15-4-6-17(20)14(3)10-15)13(2)9-16-5-7-18(21)19(22)11-16;1-10-6-12(8-13(16)7-10)3-2-11-4-5-14(17)15(18)9-11;1-9-6-11(15)8-12(18-9)4-2-10-3-5-13(16)14(17)7-10;1-8(2)12-6-5-9-3-4-10(13)11(14)7-9;1-7(11(14)15-2)5-8-3-4-9(12)10(13)6-8;1-10(12-11,9(15)16)5-6-2-3-7(13)8(14)4-6;1-7(11)2-3-8-4-5-9(12)10(13)6-8;9-6-2-1-5(3-7(6)10)4-8(11)12/h4-7,10-13,20-22H,8-9H2,1-3H3;2-9,16-18H,1H3;2-8,16-17H,1H3;3-4,7,12-14H,1,5-6H2,2H3;3-4,6-7,12-13H,5H2,1-2H3;2-4,12-14H,5,11H2,1H3,(H,15,16);2-6,12-13H,1H3;1-3,9-10H,4H2,(H,11,12)/b;3-2+;4-2+;;;;3-2+;. The van der Waals surface area contributed by atoms with E-state index < -0.39 is 17.5 Å². The molecule has 11 rings (SSSR count). The van der Waals surface area contributed by atoms with Gasteiger partial charge in [-0.3, -0.25) is 29.8 Å². The number of nitrogens with two attached hydrogens (primary N) is 1. The Morgan fingerprint density at radius 3 is 1.21 bits per heavy atom. The molecule has 0 saturated carbocycles. The van der Waals surface area contributed by atoms with Crippen molar-refractivity contribution in [3.8, 4) is 103 Å². The van der Waals surface area contributed by atoms with Crippen LogP contribution in [0.4, 0.5) is 0 Å². The zero-order valence-electron chi connectivity index (χ0n) is 72.2. The third-order valence-electron chi connectivity index (χ3n) is 18.6. The SMILES string of the molecule is C=C(C)NCCc1ccc(O)c(O)c1.CC(=O)/C=C/c1ccc(O)c(O)c1.CC(Cc1ccc(O)c(O)c1)(NN)C(=O)O.COC(=O)C(C)Cc1ccc(O)c(O)c1.Cc1cc(=O)cc(/C=C/c2ccc(O)c(O)c2)o1.Cc1cc(CC(C)C(C)Cc2ccc(O)c(O)c2)ccc1O.Cc1cc(O)cc(/C=C/c2ccc(O)c(O)c2)c1.O=C(O)Cc1ccc(O)c(O)c1. The summed E-state index contributed by atoms with van der Waals surface area (Å²) in [6.45, 7) is 20.9. The number of phenolic OH excluding ortho intramolecular Hbond substituents is 18. The molecule has 4 atom stereocenters. The maximum absolute atomic E-state index is 11.3. The normalized spacial score (nSPS) is 11.7. The molecule has 30 nitrogen and oxygen atoms in total. The van der Waals surface area contributed by atoms with E-state index >= 15 is 0 Å². The van der Waals surface area contributed by atoms with Gasteiger partial charge in [0.05, 0.1) is 19.4 Å². The molecule has 11 aromatic rings. The predicted molar refractivity (Wildman–Crippen MR) is 487 cm³/mol. The van der Waals surface area contributed by atoms with Gasteiger partial charge in [0.15, 0.2) is 103 Å². The Hall–Kier alpha value is -15.7. The number of aliphatic carboxylic acids is 2. The number of allylic oxidation sites excluding steroid dienone is 2. The fraction of sp³-hybridized carbons (Fsp3) is 0.214. The van der Waals surface area contributed by atoms with Gasteiger partial charge in [0.25, 0.3) is 0 Å². The molecule has 10 aromatic carbocycles. The van der Waals surface area contributed by atoms with Crippen molar-refractivity contribution >= 4 is 54.1 Å². The molecule has 0 aliphatic carbocycles. The van der Waals surface area contributed by atoms with Crippen molar-refractivity contribution in [2.45, 2.75) is 106 Å². The third-order valence-corrected chi connectivity index (χ3v) is 18.6. The first kappa shape index (κ1) is 105. The molecular formula is C98H111N3O27. The van der Waals surface area contributed by atoms with Gasteiger partial charge in [-0.1, -0.05) is 118 Å². The van der Waals surface area contributed by atoms with Crippen molar-refractivity contribution in [2.24, 2.45) is 23.6 Å². The van der Waals surface area contributed by atoms with Crippen LogP contribution < -0.4 is 22.0 Å². The fourth-order valence-corrected chi connectivity index (χ4v) is 11.4. The number of carboxylic acids is 2. The first-order valence-corrected chi connectivity index (χ1v) is 39.4. The molecule has 0 bridgehead atoms. The van der Waals surface area contributed by atoms with Crippen LogP contribution in [0.2, 0.25) is 0 Å². The number of hydrazine groups is 1. The average Bonchev–Trinajstić information content (AvgIpc) is 0.836. The van der Waals surface area contributed by atoms with Gasteiger partial charge < -0.3 is 117 Å². The molecule has 30 heteroatoms. The molecule has 0 saturated heterocycles. The topological polar surface area (TPSA) is 562 Å². The van der Waals surface area contributed by atoms with E-state index in [2.05, 4.69) is 35.9 Å². The lowest BCUT2D eigenvalue weighted by molar-refractivity contribution is -0.145. The number of ether oxygens (including phenoxy) is 1. The number of carbonyl (C=O) groups is 4. The first-order chi connectivity index (χ1) is 60.2. The van der Waals surface area contributed by atoms with E-state index in [1.54, 1.807) is 98.8 Å². The summed E-state index contributed by atoms with van der Waals surface area (Å²) in [6, 6.07) is 49.6. The molecule has 0 spiro atoms. The molecule has 24 N–H and O–H groups in total. The Morgan fingerprint density at radius 2 is 0.812 bits per heavy atom. The Labute approximate surface area is 739 Å². The van der Waals surface area contributed by atoms with E-state index in [-0.39, 0.29) is 134 Å². The summed E-state index contributed by atoms with van der Waals surface area (Å²) < 4.78 is 9.92. The van der Waals surface area contributed by atoms with Crippen LogP contribution in [0.25, 0.3) is 30.4 Å². The Kier molecular flexibility index (Phi) is 42.0. The average molecular weight is 1760 g/mol. The van der Waals surface area contributed by atoms with Crippen LogP contribution in [0.5, 0.6) is 103 Å². The van der Waals surface area contributed by atoms with Crippen LogP contribution in [-0.2, 0) is 62.4 Å². The first-order valence-electron chi connectivity index (χ1n) is 39.4. The summed E-state index contributed by atoms with van der Waals surface area (Å²) in [5, 5.41) is 186. The van der Waals surface area contributed by atoms with Gasteiger partial charge in [0.1, 0.15) is 28.6 Å². The number of benzene rings is 10. The molecule has 0 aliphatic rings. The number of esters is 1. The Balaban J connectivity index is 0.000000308.